The van der Waals surface area contributed by atoms with E-state index in [9.17, 15) is 9.90 Å². The van der Waals surface area contributed by atoms with Crippen molar-refractivity contribution >= 4 is 23.2 Å². The van der Waals surface area contributed by atoms with Crippen LogP contribution >= 0.6 is 11.3 Å². The summed E-state index contributed by atoms with van der Waals surface area (Å²) in [7, 11) is 0. The molecule has 0 spiro atoms. The maximum Gasteiger partial charge on any atom is 0.235 e. The Labute approximate surface area is 108 Å². The molecular formula is C14H10O3S. The highest BCUT2D eigenvalue weighted by molar-refractivity contribution is 7.10. The second-order valence-electron chi connectivity index (χ2n) is 4.11. The van der Waals surface area contributed by atoms with Crippen LogP contribution in [-0.4, -0.2) is 10.9 Å². The van der Waals surface area contributed by atoms with Crippen LogP contribution in [0.4, 0.5) is 0 Å². The van der Waals surface area contributed by atoms with Gasteiger partial charge in [-0.25, -0.2) is 0 Å². The highest BCUT2D eigenvalue weighted by atomic mass is 32.1. The molecule has 1 aromatic carbocycles. The average molecular weight is 258 g/mol. The fourth-order valence-corrected chi connectivity index (χ4v) is 2.58. The van der Waals surface area contributed by atoms with Gasteiger partial charge in [0.25, 0.3) is 0 Å². The second kappa shape index (κ2) is 3.99. The number of carbonyl (C=O) groups excluding carboxylic acids is 1. The summed E-state index contributed by atoms with van der Waals surface area (Å²) in [4.78, 5) is 13.1. The summed E-state index contributed by atoms with van der Waals surface area (Å²) >= 11 is 1.53. The minimum atomic E-state index is -0.268. The summed E-state index contributed by atoms with van der Waals surface area (Å²) in [6.07, 6.45) is 1.70. The summed E-state index contributed by atoms with van der Waals surface area (Å²) in [5.41, 5.74) is 1.11. The van der Waals surface area contributed by atoms with Crippen molar-refractivity contribution in [3.05, 3.63) is 51.4 Å². The zero-order valence-corrected chi connectivity index (χ0v) is 10.5. The van der Waals surface area contributed by atoms with Crippen LogP contribution < -0.4 is 4.74 Å². The highest BCUT2D eigenvalue weighted by Gasteiger charge is 2.30. The third-order valence-electron chi connectivity index (χ3n) is 2.71. The van der Waals surface area contributed by atoms with Crippen LogP contribution in [0.15, 0.2) is 35.4 Å². The quantitative estimate of drug-likeness (QED) is 0.798. The summed E-state index contributed by atoms with van der Waals surface area (Å²) in [5, 5.41) is 11.7. The minimum Gasteiger partial charge on any atom is -0.507 e. The van der Waals surface area contributed by atoms with Gasteiger partial charge in [-0.1, -0.05) is 6.07 Å². The van der Waals surface area contributed by atoms with E-state index in [1.807, 2.05) is 24.4 Å². The smallest absolute Gasteiger partial charge is 0.235 e. The molecule has 0 amide bonds. The first kappa shape index (κ1) is 11.0. The largest absolute Gasteiger partial charge is 0.507 e. The van der Waals surface area contributed by atoms with Crippen LogP contribution in [0.3, 0.4) is 0 Å². The van der Waals surface area contributed by atoms with Crippen molar-refractivity contribution in [3.63, 3.8) is 0 Å². The first-order valence-corrected chi connectivity index (χ1v) is 6.34. The third-order valence-corrected chi connectivity index (χ3v) is 3.53. The number of hydrogen-bond acceptors (Lipinski definition) is 4. The van der Waals surface area contributed by atoms with Crippen molar-refractivity contribution in [3.8, 4) is 11.5 Å². The van der Waals surface area contributed by atoms with Gasteiger partial charge in [0.2, 0.25) is 5.78 Å². The Hall–Kier alpha value is -2.07. The molecule has 4 heteroatoms. The first-order valence-electron chi connectivity index (χ1n) is 5.46. The van der Waals surface area contributed by atoms with Gasteiger partial charge in [-0.3, -0.25) is 4.79 Å². The number of benzene rings is 1. The molecule has 0 saturated carbocycles. The van der Waals surface area contributed by atoms with Crippen LogP contribution in [0.5, 0.6) is 11.5 Å². The summed E-state index contributed by atoms with van der Waals surface area (Å²) in [6.45, 7) is 1.84. The van der Waals surface area contributed by atoms with Gasteiger partial charge in [-0.2, -0.15) is 0 Å². The Bertz CT molecular complexity index is 654. The lowest BCUT2D eigenvalue weighted by molar-refractivity contribution is 0.101. The summed E-state index contributed by atoms with van der Waals surface area (Å²) < 4.78 is 5.51. The second-order valence-corrected chi connectivity index (χ2v) is 5.09. The lowest BCUT2D eigenvalue weighted by Gasteiger charge is -2.00. The first-order chi connectivity index (χ1) is 8.65. The fourth-order valence-electron chi connectivity index (χ4n) is 1.93. The molecule has 1 aliphatic rings. The van der Waals surface area contributed by atoms with E-state index >= 15 is 0 Å². The maximum atomic E-state index is 12.1. The predicted molar refractivity (Wildman–Crippen MR) is 70.1 cm³/mol. The number of fused-ring (bicyclic) bond motifs is 1. The Balaban J connectivity index is 2.07. The van der Waals surface area contributed by atoms with Crippen molar-refractivity contribution in [2.24, 2.45) is 0 Å². The van der Waals surface area contributed by atoms with Gasteiger partial charge < -0.3 is 9.84 Å². The molecule has 2 aromatic rings. The topological polar surface area (TPSA) is 46.5 Å². The Kier molecular flexibility index (Phi) is 2.45. The molecule has 90 valence electrons. The van der Waals surface area contributed by atoms with E-state index in [-0.39, 0.29) is 22.9 Å². The number of aromatic hydroxyl groups is 1. The number of phenols is 1. The van der Waals surface area contributed by atoms with Crippen molar-refractivity contribution in [1.82, 2.24) is 0 Å². The van der Waals surface area contributed by atoms with E-state index in [0.717, 1.165) is 10.4 Å². The number of phenolic OH excluding ortho intramolecular Hbond substituents is 1. The molecule has 3 nitrogen and oxygen atoms in total. The van der Waals surface area contributed by atoms with E-state index < -0.39 is 0 Å². The molecule has 0 atom stereocenters. The van der Waals surface area contributed by atoms with Crippen molar-refractivity contribution < 1.29 is 14.6 Å². The van der Waals surface area contributed by atoms with Gasteiger partial charge in [0, 0.05) is 11.0 Å². The van der Waals surface area contributed by atoms with Crippen LogP contribution in [-0.2, 0) is 0 Å². The van der Waals surface area contributed by atoms with Crippen molar-refractivity contribution in [1.29, 1.82) is 0 Å². The number of Topliss-reactive ketones (excluding diaryl/α,β-unsaturated/α-hetero) is 1. The Morgan fingerprint density at radius 2 is 2.22 bits per heavy atom. The van der Waals surface area contributed by atoms with Gasteiger partial charge in [0.1, 0.15) is 17.1 Å². The van der Waals surface area contributed by atoms with Gasteiger partial charge in [-0.15, -0.1) is 11.3 Å². The molecule has 1 aliphatic heterocycles. The molecule has 0 saturated heterocycles. The van der Waals surface area contributed by atoms with Crippen LogP contribution in [0.1, 0.15) is 20.8 Å². The van der Waals surface area contributed by atoms with E-state index in [0.29, 0.717) is 5.75 Å². The molecule has 3 rings (SSSR count). The molecule has 1 N–H and O–H groups in total. The number of aryl methyl sites for hydroxylation is 1. The highest BCUT2D eigenvalue weighted by Crippen LogP contribution is 2.38. The number of ketones is 1. The number of ether oxygens (including phenoxy) is 1. The van der Waals surface area contributed by atoms with Crippen LogP contribution in [0, 0.1) is 6.92 Å². The summed E-state index contributed by atoms with van der Waals surface area (Å²) in [6, 6.07) is 7.13. The van der Waals surface area contributed by atoms with Gasteiger partial charge in [-0.05, 0) is 36.1 Å². The van der Waals surface area contributed by atoms with Crippen molar-refractivity contribution in [2.75, 3.05) is 0 Å². The molecule has 0 unspecified atom stereocenters. The maximum absolute atomic E-state index is 12.1. The molecule has 1 aromatic heterocycles. The van der Waals surface area contributed by atoms with Gasteiger partial charge in [0.15, 0.2) is 5.76 Å². The normalized spacial score (nSPS) is 15.8. The lowest BCUT2D eigenvalue weighted by Crippen LogP contribution is -1.97. The molecule has 0 bridgehead atoms. The number of thiophene rings is 1. The number of allylic oxidation sites excluding steroid dienone is 1. The molecule has 18 heavy (non-hydrogen) atoms. The number of rotatable bonds is 1. The van der Waals surface area contributed by atoms with Crippen molar-refractivity contribution in [2.45, 2.75) is 6.92 Å². The minimum absolute atomic E-state index is 0.0235. The predicted octanol–water partition coefficient (Wildman–Crippen LogP) is 3.38. The van der Waals surface area contributed by atoms with E-state index in [1.54, 1.807) is 18.2 Å². The Morgan fingerprint density at radius 1 is 1.39 bits per heavy atom. The van der Waals surface area contributed by atoms with Crippen LogP contribution in [0.25, 0.3) is 6.08 Å². The van der Waals surface area contributed by atoms with Gasteiger partial charge in [0.05, 0.1) is 0 Å². The molecule has 2 heterocycles. The van der Waals surface area contributed by atoms with Gasteiger partial charge >= 0.3 is 0 Å². The van der Waals surface area contributed by atoms with E-state index in [1.165, 1.54) is 11.3 Å². The standard InChI is InChI=1S/C14H10O3S/c1-8-5-10(15)13-11(6-8)17-12(14(13)16)7-9-3-2-4-18-9/h2-7,15H,1H3/b12-7-. The number of hydrogen-bond donors (Lipinski definition) is 1. The number of carbonyl (C=O) groups is 1. The third kappa shape index (κ3) is 1.71. The van der Waals surface area contributed by atoms with E-state index in [2.05, 4.69) is 0 Å². The lowest BCUT2D eigenvalue weighted by atomic mass is 10.1. The monoisotopic (exact) mass is 258 g/mol. The molecular weight excluding hydrogens is 248 g/mol. The fraction of sp³-hybridized carbons (Fsp3) is 0.0714. The molecule has 0 aliphatic carbocycles. The molecule has 0 fully saturated rings. The average Bonchev–Trinajstić information content (AvgIpc) is 2.88. The summed E-state index contributed by atoms with van der Waals surface area (Å²) in [5.74, 6) is 0.397. The Morgan fingerprint density at radius 3 is 2.94 bits per heavy atom. The zero-order chi connectivity index (χ0) is 12.7. The zero-order valence-electron chi connectivity index (χ0n) is 9.64. The van der Waals surface area contributed by atoms with Crippen LogP contribution in [0.2, 0.25) is 0 Å². The van der Waals surface area contributed by atoms with E-state index in [4.69, 9.17) is 4.74 Å². The molecule has 0 radical (unpaired) electrons. The SMILES string of the molecule is Cc1cc(O)c2c(c1)O/C(=C\c1cccs1)C2=O.